The standard InChI is InChI=1S/C15H19NO4/c1-10(15(18)19)16(12-5-6-12)14(17)9-11-3-7-13(20-2)8-4-11/h3-4,7-8,10,12H,5-6,9H2,1-2H3,(H,18,19). The number of hydrogen-bond acceptors (Lipinski definition) is 3. The number of carboxylic acids is 1. The quantitative estimate of drug-likeness (QED) is 0.859. The maximum absolute atomic E-state index is 12.3. The molecule has 5 nitrogen and oxygen atoms in total. The van der Waals surface area contributed by atoms with E-state index in [2.05, 4.69) is 0 Å². The Morgan fingerprint density at radius 1 is 1.35 bits per heavy atom. The summed E-state index contributed by atoms with van der Waals surface area (Å²) in [6.07, 6.45) is 2.01. The monoisotopic (exact) mass is 277 g/mol. The van der Waals surface area contributed by atoms with Gasteiger partial charge in [-0.05, 0) is 37.5 Å². The van der Waals surface area contributed by atoms with Crippen molar-refractivity contribution in [3.63, 3.8) is 0 Å². The Kier molecular flexibility index (Phi) is 4.27. The van der Waals surface area contributed by atoms with Gasteiger partial charge in [0.15, 0.2) is 0 Å². The zero-order valence-corrected chi connectivity index (χ0v) is 11.7. The van der Waals surface area contributed by atoms with Gasteiger partial charge in [-0.2, -0.15) is 0 Å². The molecule has 0 aromatic heterocycles. The Labute approximate surface area is 118 Å². The van der Waals surface area contributed by atoms with Crippen molar-refractivity contribution < 1.29 is 19.4 Å². The highest BCUT2D eigenvalue weighted by molar-refractivity contribution is 5.85. The number of benzene rings is 1. The summed E-state index contributed by atoms with van der Waals surface area (Å²) in [7, 11) is 1.59. The summed E-state index contributed by atoms with van der Waals surface area (Å²) in [6, 6.07) is 6.57. The lowest BCUT2D eigenvalue weighted by molar-refractivity contribution is -0.149. The Morgan fingerprint density at radius 2 is 1.95 bits per heavy atom. The first-order valence-corrected chi connectivity index (χ1v) is 6.70. The van der Waals surface area contributed by atoms with Gasteiger partial charge in [0, 0.05) is 6.04 Å². The zero-order valence-electron chi connectivity index (χ0n) is 11.7. The maximum atomic E-state index is 12.3. The highest BCUT2D eigenvalue weighted by Gasteiger charge is 2.38. The lowest BCUT2D eigenvalue weighted by Gasteiger charge is -2.26. The molecule has 0 heterocycles. The summed E-state index contributed by atoms with van der Waals surface area (Å²) in [5, 5.41) is 9.10. The first-order chi connectivity index (χ1) is 9.52. The summed E-state index contributed by atoms with van der Waals surface area (Å²) in [5.74, 6) is -0.355. The molecule has 1 aromatic carbocycles. The van der Waals surface area contributed by atoms with Gasteiger partial charge in [0.05, 0.1) is 13.5 Å². The van der Waals surface area contributed by atoms with Crippen LogP contribution in [0.25, 0.3) is 0 Å². The molecule has 20 heavy (non-hydrogen) atoms. The number of amides is 1. The largest absolute Gasteiger partial charge is 0.497 e. The molecule has 0 radical (unpaired) electrons. The summed E-state index contributed by atoms with van der Waals surface area (Å²) < 4.78 is 5.07. The zero-order chi connectivity index (χ0) is 14.7. The fourth-order valence-corrected chi connectivity index (χ4v) is 2.22. The fraction of sp³-hybridized carbons (Fsp3) is 0.467. The molecule has 1 aliphatic carbocycles. The van der Waals surface area contributed by atoms with Crippen LogP contribution in [-0.2, 0) is 16.0 Å². The molecular formula is C15H19NO4. The van der Waals surface area contributed by atoms with Crippen molar-refractivity contribution in [3.05, 3.63) is 29.8 Å². The van der Waals surface area contributed by atoms with Crippen LogP contribution < -0.4 is 4.74 Å². The van der Waals surface area contributed by atoms with Crippen LogP contribution in [-0.4, -0.2) is 41.1 Å². The van der Waals surface area contributed by atoms with Gasteiger partial charge in [-0.25, -0.2) is 4.79 Å². The number of methoxy groups -OCH3 is 1. The van der Waals surface area contributed by atoms with Crippen LogP contribution >= 0.6 is 0 Å². The van der Waals surface area contributed by atoms with E-state index in [1.54, 1.807) is 26.2 Å². The normalized spacial score (nSPS) is 15.5. The van der Waals surface area contributed by atoms with E-state index in [1.165, 1.54) is 4.90 Å². The Hall–Kier alpha value is -2.04. The first-order valence-electron chi connectivity index (χ1n) is 6.70. The van der Waals surface area contributed by atoms with Crippen molar-refractivity contribution in [2.75, 3.05) is 7.11 Å². The van der Waals surface area contributed by atoms with Crippen LogP contribution in [0.4, 0.5) is 0 Å². The number of carbonyl (C=O) groups excluding carboxylic acids is 1. The van der Waals surface area contributed by atoms with Crippen molar-refractivity contribution in [1.82, 2.24) is 4.90 Å². The van der Waals surface area contributed by atoms with E-state index in [0.717, 1.165) is 24.2 Å². The van der Waals surface area contributed by atoms with E-state index < -0.39 is 12.0 Å². The van der Waals surface area contributed by atoms with Gasteiger partial charge in [-0.15, -0.1) is 0 Å². The van der Waals surface area contributed by atoms with E-state index in [0.29, 0.717) is 0 Å². The van der Waals surface area contributed by atoms with Crippen LogP contribution in [0.1, 0.15) is 25.3 Å². The molecule has 5 heteroatoms. The highest BCUT2D eigenvalue weighted by Crippen LogP contribution is 2.29. The van der Waals surface area contributed by atoms with Gasteiger partial charge in [0.25, 0.3) is 0 Å². The van der Waals surface area contributed by atoms with Crippen LogP contribution in [0.5, 0.6) is 5.75 Å². The van der Waals surface area contributed by atoms with E-state index in [1.807, 2.05) is 12.1 Å². The molecule has 1 unspecified atom stereocenters. The molecule has 1 aliphatic rings. The summed E-state index contributed by atoms with van der Waals surface area (Å²) in [5.41, 5.74) is 0.860. The second-order valence-electron chi connectivity index (χ2n) is 5.07. The van der Waals surface area contributed by atoms with E-state index in [9.17, 15) is 9.59 Å². The lowest BCUT2D eigenvalue weighted by Crippen LogP contribution is -2.45. The molecule has 0 saturated heterocycles. The Morgan fingerprint density at radius 3 is 2.40 bits per heavy atom. The third kappa shape index (κ3) is 3.29. The number of carboxylic acid groups (broad SMARTS) is 1. The van der Waals surface area contributed by atoms with Crippen molar-refractivity contribution in [1.29, 1.82) is 0 Å². The van der Waals surface area contributed by atoms with E-state index in [4.69, 9.17) is 9.84 Å². The average molecular weight is 277 g/mol. The molecular weight excluding hydrogens is 258 g/mol. The molecule has 1 aromatic rings. The molecule has 2 rings (SSSR count). The van der Waals surface area contributed by atoms with Crippen molar-refractivity contribution >= 4 is 11.9 Å². The van der Waals surface area contributed by atoms with Gasteiger partial charge in [-0.1, -0.05) is 12.1 Å². The molecule has 1 fully saturated rings. The molecule has 1 saturated carbocycles. The number of nitrogens with zero attached hydrogens (tertiary/aromatic N) is 1. The number of aliphatic carboxylic acids is 1. The molecule has 1 amide bonds. The third-order valence-electron chi connectivity index (χ3n) is 3.52. The minimum atomic E-state index is -0.958. The second-order valence-corrected chi connectivity index (χ2v) is 5.07. The van der Waals surface area contributed by atoms with Gasteiger partial charge < -0.3 is 14.7 Å². The molecule has 0 bridgehead atoms. The Balaban J connectivity index is 2.06. The minimum Gasteiger partial charge on any atom is -0.497 e. The topological polar surface area (TPSA) is 66.8 Å². The van der Waals surface area contributed by atoms with E-state index >= 15 is 0 Å². The van der Waals surface area contributed by atoms with Gasteiger partial charge >= 0.3 is 5.97 Å². The molecule has 108 valence electrons. The maximum Gasteiger partial charge on any atom is 0.326 e. The highest BCUT2D eigenvalue weighted by atomic mass is 16.5. The van der Waals surface area contributed by atoms with Crippen molar-refractivity contribution in [2.24, 2.45) is 0 Å². The smallest absolute Gasteiger partial charge is 0.326 e. The lowest BCUT2D eigenvalue weighted by atomic mass is 10.1. The summed E-state index contributed by atoms with van der Waals surface area (Å²) >= 11 is 0. The average Bonchev–Trinajstić information content (AvgIpc) is 3.24. The number of rotatable bonds is 6. The SMILES string of the molecule is COc1ccc(CC(=O)N(C2CC2)C(C)C(=O)O)cc1. The Bertz CT molecular complexity index is 493. The van der Waals surface area contributed by atoms with Crippen molar-refractivity contribution in [2.45, 2.75) is 38.3 Å². The van der Waals surface area contributed by atoms with Crippen LogP contribution in [0.3, 0.4) is 0 Å². The summed E-state index contributed by atoms with van der Waals surface area (Å²) in [4.78, 5) is 24.9. The summed E-state index contributed by atoms with van der Waals surface area (Å²) in [6.45, 7) is 1.56. The minimum absolute atomic E-state index is 0.0897. The van der Waals surface area contributed by atoms with Gasteiger partial charge in [0.2, 0.25) is 5.91 Å². The molecule has 0 aliphatic heterocycles. The number of hydrogen-bond donors (Lipinski definition) is 1. The van der Waals surface area contributed by atoms with Crippen molar-refractivity contribution in [3.8, 4) is 5.75 Å². The van der Waals surface area contributed by atoms with Gasteiger partial charge in [0.1, 0.15) is 11.8 Å². The molecule has 1 atom stereocenters. The second kappa shape index (κ2) is 5.94. The number of carbonyl (C=O) groups is 2. The fourth-order valence-electron chi connectivity index (χ4n) is 2.22. The van der Waals surface area contributed by atoms with Gasteiger partial charge in [-0.3, -0.25) is 4.79 Å². The van der Waals surface area contributed by atoms with E-state index in [-0.39, 0.29) is 18.4 Å². The van der Waals surface area contributed by atoms with Crippen LogP contribution in [0.2, 0.25) is 0 Å². The van der Waals surface area contributed by atoms with Crippen LogP contribution in [0.15, 0.2) is 24.3 Å². The number of ether oxygens (including phenoxy) is 1. The predicted molar refractivity (Wildman–Crippen MR) is 73.7 cm³/mol. The molecule has 0 spiro atoms. The first kappa shape index (κ1) is 14.4. The third-order valence-corrected chi connectivity index (χ3v) is 3.52. The van der Waals surface area contributed by atoms with Crippen LogP contribution in [0, 0.1) is 0 Å². The molecule has 1 N–H and O–H groups in total. The predicted octanol–water partition coefficient (Wildman–Crippen LogP) is 1.70.